The Morgan fingerprint density at radius 2 is 1.54 bits per heavy atom. The smallest absolute Gasteiger partial charge is 0.408 e. The maximum absolute atomic E-state index is 13.3. The summed E-state index contributed by atoms with van der Waals surface area (Å²) in [5.41, 5.74) is 0.689. The van der Waals surface area contributed by atoms with E-state index in [0.717, 1.165) is 11.1 Å². The standard InChI is InChI=1S/C29H38N2O8/c1-19(38-26(33)24(31(6)20(2)32)17-21-13-15-23(36-7)16-14-21)25(30-28(35)39-29(3,4)5)27(34)37-18-22-11-9-8-10-12-22/h8-16,19,24-25H,17-18H2,1-7H3,(H,30,35)/t19-,24+,25+/m1/s1. The minimum Gasteiger partial charge on any atom is -0.497 e. The first-order valence-corrected chi connectivity index (χ1v) is 12.6. The molecule has 2 aromatic rings. The lowest BCUT2D eigenvalue weighted by Gasteiger charge is -2.30. The van der Waals surface area contributed by atoms with Gasteiger partial charge in [-0.1, -0.05) is 42.5 Å². The Bertz CT molecular complexity index is 1110. The number of nitrogens with zero attached hydrogens (tertiary/aromatic N) is 1. The predicted molar refractivity (Wildman–Crippen MR) is 144 cm³/mol. The summed E-state index contributed by atoms with van der Waals surface area (Å²) >= 11 is 0. The summed E-state index contributed by atoms with van der Waals surface area (Å²) < 4.78 is 21.5. The highest BCUT2D eigenvalue weighted by molar-refractivity contribution is 5.85. The van der Waals surface area contributed by atoms with E-state index in [1.165, 1.54) is 25.8 Å². The molecule has 0 aliphatic heterocycles. The molecule has 0 saturated heterocycles. The molecule has 10 nitrogen and oxygen atoms in total. The minimum atomic E-state index is -1.36. The van der Waals surface area contributed by atoms with Crippen LogP contribution in [0.4, 0.5) is 4.79 Å². The van der Waals surface area contributed by atoms with Gasteiger partial charge in [-0.25, -0.2) is 14.4 Å². The number of hydrogen-bond acceptors (Lipinski definition) is 8. The number of amides is 2. The highest BCUT2D eigenvalue weighted by Gasteiger charge is 2.36. The summed E-state index contributed by atoms with van der Waals surface area (Å²) in [7, 11) is 3.04. The van der Waals surface area contributed by atoms with Gasteiger partial charge in [-0.15, -0.1) is 0 Å². The number of hydrogen-bond donors (Lipinski definition) is 1. The molecule has 10 heteroatoms. The van der Waals surface area contributed by atoms with Crippen molar-refractivity contribution in [3.8, 4) is 5.75 Å². The molecule has 2 rings (SSSR count). The summed E-state index contributed by atoms with van der Waals surface area (Å²) in [5, 5.41) is 2.46. The van der Waals surface area contributed by atoms with Crippen LogP contribution in [0.1, 0.15) is 45.7 Å². The van der Waals surface area contributed by atoms with Gasteiger partial charge in [0, 0.05) is 20.4 Å². The highest BCUT2D eigenvalue weighted by Crippen LogP contribution is 2.17. The van der Waals surface area contributed by atoms with E-state index in [-0.39, 0.29) is 18.9 Å². The van der Waals surface area contributed by atoms with Gasteiger partial charge >= 0.3 is 18.0 Å². The van der Waals surface area contributed by atoms with Crippen LogP contribution in [0.3, 0.4) is 0 Å². The van der Waals surface area contributed by atoms with Crippen LogP contribution in [0.2, 0.25) is 0 Å². The Morgan fingerprint density at radius 3 is 2.08 bits per heavy atom. The van der Waals surface area contributed by atoms with E-state index >= 15 is 0 Å². The van der Waals surface area contributed by atoms with E-state index < -0.39 is 41.8 Å². The molecule has 212 valence electrons. The van der Waals surface area contributed by atoms with Gasteiger partial charge in [0.1, 0.15) is 30.1 Å². The van der Waals surface area contributed by atoms with E-state index in [1.807, 2.05) is 6.07 Å². The molecule has 0 spiro atoms. The first kappa shape index (κ1) is 31.1. The third-order valence-corrected chi connectivity index (χ3v) is 5.75. The number of likely N-dealkylation sites (N-methyl/N-ethyl adjacent to an activating group) is 1. The number of alkyl carbamates (subject to hydrolysis) is 1. The quantitative estimate of drug-likeness (QED) is 0.338. The summed E-state index contributed by atoms with van der Waals surface area (Å²) in [6.07, 6.45) is -1.86. The fourth-order valence-corrected chi connectivity index (χ4v) is 3.53. The second-order valence-electron chi connectivity index (χ2n) is 10.1. The molecule has 0 aliphatic rings. The Morgan fingerprint density at radius 1 is 0.923 bits per heavy atom. The number of ether oxygens (including phenoxy) is 4. The Labute approximate surface area is 229 Å². The van der Waals surface area contributed by atoms with Gasteiger partial charge in [-0.2, -0.15) is 0 Å². The Kier molecular flexibility index (Phi) is 11.3. The molecule has 0 aliphatic carbocycles. The van der Waals surface area contributed by atoms with E-state index in [2.05, 4.69) is 5.32 Å². The van der Waals surface area contributed by atoms with Crippen LogP contribution >= 0.6 is 0 Å². The largest absolute Gasteiger partial charge is 0.497 e. The maximum atomic E-state index is 13.3. The molecule has 0 saturated carbocycles. The van der Waals surface area contributed by atoms with Gasteiger partial charge in [0.15, 0.2) is 6.04 Å². The normalized spacial score (nSPS) is 13.3. The average Bonchev–Trinajstić information content (AvgIpc) is 2.88. The monoisotopic (exact) mass is 542 g/mol. The summed E-state index contributed by atoms with van der Waals surface area (Å²) in [6.45, 7) is 7.80. The van der Waals surface area contributed by atoms with Crippen molar-refractivity contribution in [3.63, 3.8) is 0 Å². The minimum absolute atomic E-state index is 0.0417. The molecule has 39 heavy (non-hydrogen) atoms. The number of methoxy groups -OCH3 is 1. The van der Waals surface area contributed by atoms with Gasteiger partial charge in [-0.05, 0) is 51.0 Å². The molecule has 2 amide bonds. The first-order valence-electron chi connectivity index (χ1n) is 12.6. The van der Waals surface area contributed by atoms with Crippen molar-refractivity contribution < 1.29 is 38.1 Å². The number of carbonyl (C=O) groups excluding carboxylic acids is 4. The van der Waals surface area contributed by atoms with Crippen molar-refractivity contribution in [2.75, 3.05) is 14.2 Å². The van der Waals surface area contributed by atoms with Gasteiger partial charge in [0.2, 0.25) is 5.91 Å². The molecule has 3 atom stereocenters. The lowest BCUT2D eigenvalue weighted by Crippen LogP contribution is -2.53. The lowest BCUT2D eigenvalue weighted by molar-refractivity contribution is -0.163. The summed E-state index contributed by atoms with van der Waals surface area (Å²) in [6, 6.07) is 13.7. The molecule has 1 N–H and O–H groups in total. The van der Waals surface area contributed by atoms with E-state index in [9.17, 15) is 19.2 Å². The molecule has 0 fully saturated rings. The van der Waals surface area contributed by atoms with Crippen molar-refractivity contribution in [3.05, 3.63) is 65.7 Å². The summed E-state index contributed by atoms with van der Waals surface area (Å²) in [4.78, 5) is 52.3. The van der Waals surface area contributed by atoms with Crippen LogP contribution < -0.4 is 10.1 Å². The molecule has 0 bridgehead atoms. The van der Waals surface area contributed by atoms with Gasteiger partial charge < -0.3 is 29.2 Å². The molecule has 0 heterocycles. The number of rotatable bonds is 11. The summed E-state index contributed by atoms with van der Waals surface area (Å²) in [5.74, 6) is -1.25. The van der Waals surface area contributed by atoms with Crippen LogP contribution in [0.25, 0.3) is 0 Å². The van der Waals surface area contributed by atoms with Crippen molar-refractivity contribution in [2.24, 2.45) is 0 Å². The van der Waals surface area contributed by atoms with E-state index in [1.54, 1.807) is 76.4 Å². The van der Waals surface area contributed by atoms with Gasteiger partial charge in [0.05, 0.1) is 7.11 Å². The van der Waals surface area contributed by atoms with E-state index in [4.69, 9.17) is 18.9 Å². The van der Waals surface area contributed by atoms with Crippen LogP contribution in [0, 0.1) is 0 Å². The number of nitrogens with one attached hydrogen (secondary N) is 1. The zero-order chi connectivity index (χ0) is 29.2. The molecule has 0 unspecified atom stereocenters. The van der Waals surface area contributed by atoms with Crippen LogP contribution in [-0.4, -0.2) is 66.8 Å². The van der Waals surface area contributed by atoms with Crippen LogP contribution in [-0.2, 0) is 41.6 Å². The Balaban J connectivity index is 2.22. The van der Waals surface area contributed by atoms with Crippen LogP contribution in [0.15, 0.2) is 54.6 Å². The molecule has 0 aromatic heterocycles. The molecular weight excluding hydrogens is 504 g/mol. The third-order valence-electron chi connectivity index (χ3n) is 5.75. The number of esters is 2. The zero-order valence-electron chi connectivity index (χ0n) is 23.6. The van der Waals surface area contributed by atoms with Gasteiger partial charge in [-0.3, -0.25) is 4.79 Å². The van der Waals surface area contributed by atoms with Crippen molar-refractivity contribution in [1.29, 1.82) is 0 Å². The lowest BCUT2D eigenvalue weighted by atomic mass is 10.0. The molecule has 2 aromatic carbocycles. The molecular formula is C29H38N2O8. The van der Waals surface area contributed by atoms with Crippen molar-refractivity contribution >= 4 is 23.9 Å². The predicted octanol–water partition coefficient (Wildman–Crippen LogP) is 3.65. The fraction of sp³-hybridized carbons (Fsp3) is 0.448. The Hall–Kier alpha value is -4.08. The third kappa shape index (κ3) is 10.3. The maximum Gasteiger partial charge on any atom is 0.408 e. The topological polar surface area (TPSA) is 120 Å². The average molecular weight is 543 g/mol. The SMILES string of the molecule is COc1ccc(C[C@@H](C(=O)O[C@H](C)[C@H](NC(=O)OC(C)(C)C)C(=O)OCc2ccccc2)N(C)C(C)=O)cc1. The number of carbonyl (C=O) groups is 4. The second-order valence-corrected chi connectivity index (χ2v) is 10.1. The first-order chi connectivity index (χ1) is 18.3. The fourth-order valence-electron chi connectivity index (χ4n) is 3.53. The second kappa shape index (κ2) is 14.2. The van der Waals surface area contributed by atoms with Crippen molar-refractivity contribution in [2.45, 2.75) is 71.4 Å². The van der Waals surface area contributed by atoms with Crippen LogP contribution in [0.5, 0.6) is 5.75 Å². The molecule has 0 radical (unpaired) electrons. The van der Waals surface area contributed by atoms with Gasteiger partial charge in [0.25, 0.3) is 0 Å². The zero-order valence-corrected chi connectivity index (χ0v) is 23.6. The highest BCUT2D eigenvalue weighted by atomic mass is 16.6. The van der Waals surface area contributed by atoms with Crippen molar-refractivity contribution in [1.82, 2.24) is 10.2 Å². The number of benzene rings is 2. The van der Waals surface area contributed by atoms with E-state index in [0.29, 0.717) is 5.75 Å².